The van der Waals surface area contributed by atoms with Crippen LogP contribution < -0.4 is 0 Å². The van der Waals surface area contributed by atoms with Crippen LogP contribution in [0.1, 0.15) is 0 Å². The van der Waals surface area contributed by atoms with Crippen molar-refractivity contribution < 1.29 is 0 Å². The molecule has 0 radical (unpaired) electrons. The highest BCUT2D eigenvalue weighted by molar-refractivity contribution is 7.26. The van der Waals surface area contributed by atoms with Crippen molar-refractivity contribution in [3.8, 4) is 51.1 Å². The standard InChI is InChI=1S/C52H31N5S/c1-3-14-32(15-4-1)48-41-28-27-39-42-31-35(26-29-46(42)58-49(39)47(41)40-22-7-10-23-43(40)53-48)34-18-13-19-36(30-34)51-54-50(33-16-5-2-6-17-33)55-52(56-51)57-44-24-11-8-20-37(44)38-21-9-12-25-45(38)57/h1-31H. The average Bonchev–Trinajstić information content (AvgIpc) is 3.85. The van der Waals surface area contributed by atoms with Crippen molar-refractivity contribution in [2.45, 2.75) is 0 Å². The molecule has 4 heterocycles. The summed E-state index contributed by atoms with van der Waals surface area (Å²) in [7, 11) is 0. The van der Waals surface area contributed by atoms with Gasteiger partial charge in [0, 0.05) is 63.8 Å². The lowest BCUT2D eigenvalue weighted by Gasteiger charge is -2.12. The Kier molecular flexibility index (Phi) is 7.33. The molecular weight excluding hydrogens is 727 g/mol. The van der Waals surface area contributed by atoms with Gasteiger partial charge in [-0.05, 0) is 47.5 Å². The maximum Gasteiger partial charge on any atom is 0.238 e. The number of rotatable bonds is 5. The predicted octanol–water partition coefficient (Wildman–Crippen LogP) is 13.7. The van der Waals surface area contributed by atoms with Crippen molar-refractivity contribution in [2.75, 3.05) is 0 Å². The summed E-state index contributed by atoms with van der Waals surface area (Å²) < 4.78 is 4.70. The molecule has 5 nitrogen and oxygen atoms in total. The summed E-state index contributed by atoms with van der Waals surface area (Å²) in [5, 5.41) is 8.42. The SMILES string of the molecule is c1ccc(-c2nc(-c3cccc(-c4ccc5sc6c(ccc7c(-c8ccccc8)nc8ccccc8c76)c5c4)c3)nc(-n3c4ccccc4c4ccccc43)n2)cc1. The van der Waals surface area contributed by atoms with Crippen molar-refractivity contribution in [3.05, 3.63) is 188 Å². The molecule has 8 aromatic carbocycles. The van der Waals surface area contributed by atoms with Gasteiger partial charge in [-0.1, -0.05) is 152 Å². The van der Waals surface area contributed by atoms with Crippen LogP contribution in [0.15, 0.2) is 188 Å². The second-order valence-electron chi connectivity index (χ2n) is 14.6. The minimum atomic E-state index is 0.586. The molecule has 0 amide bonds. The Morgan fingerprint density at radius 3 is 1.71 bits per heavy atom. The zero-order valence-electron chi connectivity index (χ0n) is 31.0. The molecule has 0 atom stereocenters. The molecule has 0 N–H and O–H groups in total. The number of aromatic nitrogens is 5. The summed E-state index contributed by atoms with van der Waals surface area (Å²) in [6.07, 6.45) is 0. The molecule has 0 aliphatic rings. The lowest BCUT2D eigenvalue weighted by atomic mass is 9.97. The van der Waals surface area contributed by atoms with E-state index in [9.17, 15) is 0 Å². The second kappa shape index (κ2) is 13.0. The van der Waals surface area contributed by atoms with E-state index in [1.54, 1.807) is 0 Å². The quantitative estimate of drug-likeness (QED) is 0.164. The molecule has 0 aliphatic heterocycles. The molecule has 0 spiro atoms. The lowest BCUT2D eigenvalue weighted by Crippen LogP contribution is -2.06. The van der Waals surface area contributed by atoms with Crippen molar-refractivity contribution >= 4 is 75.0 Å². The molecule has 0 saturated carbocycles. The van der Waals surface area contributed by atoms with Gasteiger partial charge in [0.05, 0.1) is 22.2 Å². The van der Waals surface area contributed by atoms with Crippen molar-refractivity contribution in [3.63, 3.8) is 0 Å². The summed E-state index contributed by atoms with van der Waals surface area (Å²) in [5.41, 5.74) is 9.35. The Bertz CT molecular complexity index is 3520. The molecule has 6 heteroatoms. The number of fused-ring (bicyclic) bond motifs is 10. The van der Waals surface area contributed by atoms with Crippen LogP contribution in [0.4, 0.5) is 0 Å². The third-order valence-electron chi connectivity index (χ3n) is 11.2. The lowest BCUT2D eigenvalue weighted by molar-refractivity contribution is 0.953. The second-order valence-corrected chi connectivity index (χ2v) is 15.7. The molecule has 0 saturated heterocycles. The topological polar surface area (TPSA) is 56.5 Å². The molecule has 0 aliphatic carbocycles. The first-order valence-electron chi connectivity index (χ1n) is 19.4. The first-order valence-corrected chi connectivity index (χ1v) is 20.2. The van der Waals surface area contributed by atoms with Crippen molar-refractivity contribution in [1.29, 1.82) is 0 Å². The molecule has 4 aromatic heterocycles. The van der Waals surface area contributed by atoms with Crippen LogP contribution in [0, 0.1) is 0 Å². The molecule has 58 heavy (non-hydrogen) atoms. The number of pyridine rings is 1. The van der Waals surface area contributed by atoms with Gasteiger partial charge in [0.15, 0.2) is 11.6 Å². The highest BCUT2D eigenvalue weighted by Gasteiger charge is 2.19. The molecular formula is C52H31N5S. The van der Waals surface area contributed by atoms with Crippen LogP contribution in [0.2, 0.25) is 0 Å². The van der Waals surface area contributed by atoms with Gasteiger partial charge < -0.3 is 0 Å². The smallest absolute Gasteiger partial charge is 0.238 e. The summed E-state index contributed by atoms with van der Waals surface area (Å²) in [5.74, 6) is 1.84. The van der Waals surface area contributed by atoms with Gasteiger partial charge in [-0.25, -0.2) is 9.97 Å². The summed E-state index contributed by atoms with van der Waals surface area (Å²) in [4.78, 5) is 20.6. The Balaban J connectivity index is 1.02. The van der Waals surface area contributed by atoms with E-state index in [0.717, 1.165) is 60.8 Å². The van der Waals surface area contributed by atoms with E-state index in [2.05, 4.69) is 174 Å². The number of hydrogen-bond acceptors (Lipinski definition) is 5. The van der Waals surface area contributed by atoms with E-state index < -0.39 is 0 Å². The summed E-state index contributed by atoms with van der Waals surface area (Å²) >= 11 is 1.86. The van der Waals surface area contributed by atoms with E-state index in [1.165, 1.54) is 36.3 Å². The van der Waals surface area contributed by atoms with Crippen LogP contribution in [0.5, 0.6) is 0 Å². The van der Waals surface area contributed by atoms with E-state index >= 15 is 0 Å². The van der Waals surface area contributed by atoms with Crippen LogP contribution in [-0.4, -0.2) is 24.5 Å². The van der Waals surface area contributed by atoms with Gasteiger partial charge in [0.1, 0.15) is 0 Å². The third-order valence-corrected chi connectivity index (χ3v) is 12.4. The van der Waals surface area contributed by atoms with Gasteiger partial charge in [-0.2, -0.15) is 9.97 Å². The van der Waals surface area contributed by atoms with Gasteiger partial charge in [-0.3, -0.25) is 4.57 Å². The Morgan fingerprint density at radius 2 is 0.948 bits per heavy atom. The van der Waals surface area contributed by atoms with Gasteiger partial charge in [0.25, 0.3) is 0 Å². The molecule has 12 aromatic rings. The molecule has 0 fully saturated rings. The number of benzene rings is 8. The minimum absolute atomic E-state index is 0.586. The fourth-order valence-corrected chi connectivity index (χ4v) is 9.79. The molecule has 12 rings (SSSR count). The fraction of sp³-hybridized carbons (Fsp3) is 0. The van der Waals surface area contributed by atoms with Gasteiger partial charge in [0.2, 0.25) is 5.95 Å². The zero-order valence-corrected chi connectivity index (χ0v) is 31.9. The number of thiophene rings is 1. The summed E-state index contributed by atoms with van der Waals surface area (Å²) in [6.45, 7) is 0. The Hall–Kier alpha value is -7.54. The Morgan fingerprint density at radius 1 is 0.362 bits per heavy atom. The third kappa shape index (κ3) is 5.16. The first kappa shape index (κ1) is 32.7. The predicted molar refractivity (Wildman–Crippen MR) is 242 cm³/mol. The van der Waals surface area contributed by atoms with Crippen LogP contribution in [0.3, 0.4) is 0 Å². The number of hydrogen-bond donors (Lipinski definition) is 0. The van der Waals surface area contributed by atoms with E-state index in [4.69, 9.17) is 19.9 Å². The monoisotopic (exact) mass is 757 g/mol. The highest BCUT2D eigenvalue weighted by Crippen LogP contribution is 2.44. The van der Waals surface area contributed by atoms with E-state index in [-0.39, 0.29) is 0 Å². The number of para-hydroxylation sites is 3. The average molecular weight is 758 g/mol. The number of nitrogens with zero attached hydrogens (tertiary/aromatic N) is 5. The highest BCUT2D eigenvalue weighted by atomic mass is 32.1. The van der Waals surface area contributed by atoms with Gasteiger partial charge >= 0.3 is 0 Å². The van der Waals surface area contributed by atoms with E-state index in [1.807, 2.05) is 29.5 Å². The molecule has 0 unspecified atom stereocenters. The Labute approximate surface area is 337 Å². The van der Waals surface area contributed by atoms with Crippen molar-refractivity contribution in [2.24, 2.45) is 0 Å². The maximum atomic E-state index is 5.21. The molecule has 270 valence electrons. The van der Waals surface area contributed by atoms with E-state index in [0.29, 0.717) is 17.6 Å². The van der Waals surface area contributed by atoms with Gasteiger partial charge in [-0.15, -0.1) is 11.3 Å². The largest absolute Gasteiger partial charge is 0.278 e. The summed E-state index contributed by atoms with van der Waals surface area (Å²) in [6, 6.07) is 66.1. The van der Waals surface area contributed by atoms with Crippen LogP contribution in [0.25, 0.3) is 115 Å². The van der Waals surface area contributed by atoms with Crippen molar-refractivity contribution in [1.82, 2.24) is 24.5 Å². The van der Waals surface area contributed by atoms with Crippen LogP contribution in [-0.2, 0) is 0 Å². The minimum Gasteiger partial charge on any atom is -0.278 e. The normalized spacial score (nSPS) is 11.8. The first-order chi connectivity index (χ1) is 28.7. The zero-order chi connectivity index (χ0) is 38.2. The maximum absolute atomic E-state index is 5.21. The fourth-order valence-electron chi connectivity index (χ4n) is 8.55. The van der Waals surface area contributed by atoms with Crippen LogP contribution >= 0.6 is 11.3 Å². The molecule has 0 bridgehead atoms.